The van der Waals surface area contributed by atoms with Crippen molar-refractivity contribution in [2.24, 2.45) is 5.41 Å². The molecule has 2 aromatic carbocycles. The van der Waals surface area contributed by atoms with Crippen molar-refractivity contribution in [1.82, 2.24) is 0 Å². The highest BCUT2D eigenvalue weighted by Gasteiger charge is 2.41. The molecule has 0 spiro atoms. The number of carbonyl (C=O) groups is 1. The van der Waals surface area contributed by atoms with Gasteiger partial charge in [-0.1, -0.05) is 44.9 Å². The van der Waals surface area contributed by atoms with E-state index in [-0.39, 0.29) is 16.1 Å². The summed E-state index contributed by atoms with van der Waals surface area (Å²) in [4.78, 5) is 13.1. The highest BCUT2D eigenvalue weighted by Crippen LogP contribution is 2.46. The fraction of sp³-hybridized carbons (Fsp3) is 0.375. The molecule has 0 unspecified atom stereocenters. The second kappa shape index (κ2) is 10.2. The lowest BCUT2D eigenvalue weighted by Gasteiger charge is -2.36. The summed E-state index contributed by atoms with van der Waals surface area (Å²) >= 11 is 2.09. The highest BCUT2D eigenvalue weighted by molar-refractivity contribution is 14.1. The van der Waals surface area contributed by atoms with Crippen molar-refractivity contribution in [2.45, 2.75) is 44.4 Å². The maximum Gasteiger partial charge on any atom is 0.331 e. The molecule has 6 nitrogen and oxygen atoms in total. The molecule has 172 valence electrons. The fourth-order valence-corrected chi connectivity index (χ4v) is 6.87. The summed E-state index contributed by atoms with van der Waals surface area (Å²) in [5.74, 6) is -0.755. The van der Waals surface area contributed by atoms with Gasteiger partial charge in [-0.25, -0.2) is 13.2 Å². The monoisotopic (exact) mass is 569 g/mol. The molecule has 2 aromatic rings. The number of carboxylic acids is 1. The maximum atomic E-state index is 13.7. The molecule has 32 heavy (non-hydrogen) atoms. The number of unbranched alkanes of at least 4 members (excludes halogenated alkanes) is 1. The Bertz CT molecular complexity index is 1100. The van der Waals surface area contributed by atoms with Gasteiger partial charge in [-0.2, -0.15) is 0 Å². The number of fused-ring (bicyclic) bond motifs is 1. The minimum absolute atomic E-state index is 0.0673. The zero-order chi connectivity index (χ0) is 23.4. The van der Waals surface area contributed by atoms with E-state index in [2.05, 4.69) is 41.3 Å². The van der Waals surface area contributed by atoms with Crippen LogP contribution in [-0.2, 0) is 14.6 Å². The third-order valence-corrected chi connectivity index (χ3v) is 8.75. The third kappa shape index (κ3) is 5.46. The number of halogens is 1. The molecule has 0 saturated heterocycles. The van der Waals surface area contributed by atoms with Gasteiger partial charge in [0.05, 0.1) is 32.2 Å². The van der Waals surface area contributed by atoms with E-state index in [9.17, 15) is 13.2 Å². The Morgan fingerprint density at radius 1 is 1.25 bits per heavy atom. The van der Waals surface area contributed by atoms with Gasteiger partial charge in [0, 0.05) is 23.7 Å². The minimum atomic E-state index is -3.62. The first kappa shape index (κ1) is 24.6. The van der Waals surface area contributed by atoms with Crippen molar-refractivity contribution in [3.8, 4) is 5.75 Å². The van der Waals surface area contributed by atoms with Crippen LogP contribution in [0, 0.1) is 8.99 Å². The number of aliphatic carboxylic acids is 1. The first-order valence-electron chi connectivity index (χ1n) is 10.7. The van der Waals surface area contributed by atoms with Crippen LogP contribution in [0.2, 0.25) is 0 Å². The number of ether oxygens (including phenoxy) is 1. The van der Waals surface area contributed by atoms with Crippen molar-refractivity contribution >= 4 is 49.8 Å². The van der Waals surface area contributed by atoms with Crippen molar-refractivity contribution in [3.05, 3.63) is 58.4 Å². The number of carboxylic acid groups (broad SMARTS) is 1. The number of sulfone groups is 1. The molecule has 0 bridgehead atoms. The van der Waals surface area contributed by atoms with Gasteiger partial charge >= 0.3 is 5.97 Å². The van der Waals surface area contributed by atoms with Crippen LogP contribution >= 0.6 is 22.6 Å². The quantitative estimate of drug-likeness (QED) is 0.247. The average Bonchev–Trinajstić information content (AvgIpc) is 2.85. The molecule has 0 fully saturated rings. The summed E-state index contributed by atoms with van der Waals surface area (Å²) in [6.45, 7) is 4.79. The van der Waals surface area contributed by atoms with Crippen LogP contribution < -0.4 is 9.64 Å². The van der Waals surface area contributed by atoms with E-state index in [0.29, 0.717) is 21.6 Å². The Morgan fingerprint density at radius 3 is 2.59 bits per heavy atom. The largest absolute Gasteiger partial charge is 0.478 e. The second-order valence-corrected chi connectivity index (χ2v) is 11.3. The van der Waals surface area contributed by atoms with Gasteiger partial charge in [-0.15, -0.1) is 0 Å². The molecular formula is C24H28INO5S. The lowest BCUT2D eigenvalue weighted by molar-refractivity contribution is -0.131. The van der Waals surface area contributed by atoms with E-state index in [1.807, 2.05) is 36.4 Å². The number of hydrogen-bond donors (Lipinski definition) is 1. The number of anilines is 2. The Kier molecular flexibility index (Phi) is 7.87. The van der Waals surface area contributed by atoms with Crippen LogP contribution in [-0.4, -0.2) is 31.8 Å². The van der Waals surface area contributed by atoms with Crippen LogP contribution in [0.4, 0.5) is 11.4 Å². The summed E-state index contributed by atoms with van der Waals surface area (Å²) in [7, 11) is -3.62. The summed E-state index contributed by atoms with van der Waals surface area (Å²) in [5, 5.41) is 8.82. The molecular weight excluding hydrogens is 541 g/mol. The van der Waals surface area contributed by atoms with E-state index in [1.165, 1.54) is 6.07 Å². The molecule has 0 aliphatic carbocycles. The number of hydrogen-bond acceptors (Lipinski definition) is 5. The highest BCUT2D eigenvalue weighted by atomic mass is 127. The molecule has 1 atom stereocenters. The predicted octanol–water partition coefficient (Wildman–Crippen LogP) is 5.78. The molecule has 1 N–H and O–H groups in total. The molecule has 0 aromatic heterocycles. The number of rotatable bonds is 8. The van der Waals surface area contributed by atoms with Gasteiger partial charge in [-0.3, -0.25) is 0 Å². The Labute approximate surface area is 203 Å². The fourth-order valence-electron chi connectivity index (χ4n) is 4.12. The Hall–Kier alpha value is -2.07. The van der Waals surface area contributed by atoms with E-state index >= 15 is 0 Å². The van der Waals surface area contributed by atoms with Crippen LogP contribution in [0.3, 0.4) is 0 Å². The van der Waals surface area contributed by atoms with E-state index < -0.39 is 15.8 Å². The molecule has 0 amide bonds. The summed E-state index contributed by atoms with van der Waals surface area (Å²) in [5.41, 5.74) is 1.19. The van der Waals surface area contributed by atoms with Gasteiger partial charge in [-0.05, 0) is 53.6 Å². The van der Waals surface area contributed by atoms with Crippen molar-refractivity contribution in [3.63, 3.8) is 0 Å². The lowest BCUT2D eigenvalue weighted by atomic mass is 9.81. The first-order chi connectivity index (χ1) is 15.2. The molecule has 0 saturated carbocycles. The summed E-state index contributed by atoms with van der Waals surface area (Å²) in [6.07, 6.45) is 5.49. The standard InChI is InChI=1S/C24H28INO5S/c1-3-5-12-24(4-2)16-26(18-9-7-6-8-10-18)20-14-19(25)21(31-13-11-23(27)28)15-22(20)32(29,30)17-24/h6-11,13-15H,3-5,12,16-17H2,1-2H3,(H,27,28)/b13-11+/t24-/m0/s1. The van der Waals surface area contributed by atoms with E-state index in [0.717, 1.165) is 43.7 Å². The lowest BCUT2D eigenvalue weighted by Crippen LogP contribution is -2.37. The van der Waals surface area contributed by atoms with Gasteiger partial charge in [0.25, 0.3) is 0 Å². The van der Waals surface area contributed by atoms with Crippen LogP contribution in [0.5, 0.6) is 5.75 Å². The van der Waals surface area contributed by atoms with Crippen molar-refractivity contribution < 1.29 is 23.1 Å². The van der Waals surface area contributed by atoms with Gasteiger partial charge in [0.1, 0.15) is 5.75 Å². The first-order valence-corrected chi connectivity index (χ1v) is 13.4. The Morgan fingerprint density at radius 2 is 1.97 bits per heavy atom. The molecule has 3 rings (SSSR count). The maximum absolute atomic E-state index is 13.7. The van der Waals surface area contributed by atoms with Crippen molar-refractivity contribution in [1.29, 1.82) is 0 Å². The predicted molar refractivity (Wildman–Crippen MR) is 134 cm³/mol. The zero-order valence-corrected chi connectivity index (χ0v) is 21.2. The minimum Gasteiger partial charge on any atom is -0.478 e. The van der Waals surface area contributed by atoms with Gasteiger partial charge in [0.2, 0.25) is 0 Å². The van der Waals surface area contributed by atoms with Crippen LogP contribution in [0.15, 0.2) is 59.7 Å². The smallest absolute Gasteiger partial charge is 0.331 e. The SMILES string of the molecule is CCCC[C@@]1(CC)CN(c2ccccc2)c2cc(I)c(O/C=C/C(=O)O)cc2S(=O)(=O)C1. The van der Waals surface area contributed by atoms with Crippen molar-refractivity contribution in [2.75, 3.05) is 17.2 Å². The number of nitrogens with zero attached hydrogens (tertiary/aromatic N) is 1. The summed E-state index contributed by atoms with van der Waals surface area (Å²) in [6, 6.07) is 13.2. The molecule has 8 heteroatoms. The average molecular weight is 569 g/mol. The summed E-state index contributed by atoms with van der Waals surface area (Å²) < 4.78 is 33.5. The number of para-hydroxylation sites is 1. The van der Waals surface area contributed by atoms with Crippen LogP contribution in [0.25, 0.3) is 0 Å². The topological polar surface area (TPSA) is 83.9 Å². The van der Waals surface area contributed by atoms with E-state index in [4.69, 9.17) is 9.84 Å². The zero-order valence-electron chi connectivity index (χ0n) is 18.3. The third-order valence-electron chi connectivity index (χ3n) is 5.91. The van der Waals surface area contributed by atoms with Crippen LogP contribution in [0.1, 0.15) is 39.5 Å². The van der Waals surface area contributed by atoms with E-state index in [1.54, 1.807) is 0 Å². The molecule has 1 aliphatic heterocycles. The molecule has 1 heterocycles. The van der Waals surface area contributed by atoms with Gasteiger partial charge in [0.15, 0.2) is 9.84 Å². The molecule has 1 aliphatic rings. The van der Waals surface area contributed by atoms with Gasteiger partial charge < -0.3 is 14.7 Å². The number of benzene rings is 2. The second-order valence-electron chi connectivity index (χ2n) is 8.15. The normalized spacial score (nSPS) is 20.0. The Balaban J connectivity index is 2.19. The molecule has 0 radical (unpaired) electrons.